The standard InChI is InChI=1S/C19H19N3O3S/c1-3-16(17(23)20-15-12-8-7-9-13(15)2)26-18-19(24)25-21-22(18)14-10-5-4-6-11-14/h4-12,16H,3H2,1-2H3,(H-,20,21,23,24). The van der Waals surface area contributed by atoms with Crippen LogP contribution >= 0.6 is 11.8 Å². The number of nitrogens with one attached hydrogen (secondary N) is 1. The van der Waals surface area contributed by atoms with Crippen molar-refractivity contribution in [3.05, 3.63) is 60.2 Å². The van der Waals surface area contributed by atoms with Crippen LogP contribution in [0, 0.1) is 6.92 Å². The van der Waals surface area contributed by atoms with Crippen LogP contribution in [0.5, 0.6) is 5.95 Å². The van der Waals surface area contributed by atoms with E-state index in [0.717, 1.165) is 23.0 Å². The molecular weight excluding hydrogens is 350 g/mol. The van der Waals surface area contributed by atoms with Gasteiger partial charge >= 0.3 is 0 Å². The predicted octanol–water partition coefficient (Wildman–Crippen LogP) is 2.84. The molecule has 7 heteroatoms. The van der Waals surface area contributed by atoms with E-state index in [1.54, 1.807) is 0 Å². The van der Waals surface area contributed by atoms with Crippen LogP contribution in [0.1, 0.15) is 18.9 Å². The molecule has 0 aliphatic heterocycles. The average Bonchev–Trinajstić information content (AvgIpc) is 3.02. The van der Waals surface area contributed by atoms with Gasteiger partial charge in [-0.25, -0.2) is 0 Å². The van der Waals surface area contributed by atoms with Gasteiger partial charge in [-0.2, -0.15) is 0 Å². The molecule has 1 N–H and O–H groups in total. The molecule has 3 aromatic rings. The Labute approximate surface area is 155 Å². The normalized spacial score (nSPS) is 11.9. The van der Waals surface area contributed by atoms with E-state index in [0.29, 0.717) is 12.1 Å². The van der Waals surface area contributed by atoms with Gasteiger partial charge in [0.15, 0.2) is 5.95 Å². The zero-order chi connectivity index (χ0) is 18.5. The van der Waals surface area contributed by atoms with Gasteiger partial charge in [0.05, 0.1) is 10.5 Å². The van der Waals surface area contributed by atoms with Crippen molar-refractivity contribution in [3.8, 4) is 11.6 Å². The fourth-order valence-corrected chi connectivity index (χ4v) is 3.43. The third-order valence-corrected chi connectivity index (χ3v) is 5.29. The van der Waals surface area contributed by atoms with Crippen LogP contribution in [0.25, 0.3) is 5.69 Å². The number of aromatic nitrogens is 2. The molecule has 0 saturated carbocycles. The summed E-state index contributed by atoms with van der Waals surface area (Å²) >= 11 is 1.16. The van der Waals surface area contributed by atoms with Gasteiger partial charge in [0.2, 0.25) is 11.6 Å². The van der Waals surface area contributed by atoms with Crippen LogP contribution in [0.4, 0.5) is 5.69 Å². The number of aryl methyl sites for hydroxylation is 1. The number of carbonyl (C=O) groups is 1. The maximum atomic E-state index is 12.7. The third-order valence-electron chi connectivity index (χ3n) is 3.89. The highest BCUT2D eigenvalue weighted by molar-refractivity contribution is 8.00. The van der Waals surface area contributed by atoms with E-state index in [4.69, 9.17) is 4.52 Å². The minimum atomic E-state index is -0.555. The second-order valence-electron chi connectivity index (χ2n) is 5.73. The molecule has 0 spiro atoms. The molecule has 3 rings (SSSR count). The molecule has 1 amide bonds. The summed E-state index contributed by atoms with van der Waals surface area (Å²) < 4.78 is 6.24. The molecule has 2 aromatic carbocycles. The molecule has 0 saturated heterocycles. The average molecular weight is 369 g/mol. The van der Waals surface area contributed by atoms with Gasteiger partial charge in [-0.05, 0) is 41.4 Å². The second kappa shape index (κ2) is 8.05. The first-order valence-electron chi connectivity index (χ1n) is 8.27. The number of hydrogen-bond acceptors (Lipinski definition) is 5. The minimum absolute atomic E-state index is 0.160. The summed E-state index contributed by atoms with van der Waals surface area (Å²) in [6.07, 6.45) is 0.557. The van der Waals surface area contributed by atoms with Crippen LogP contribution < -0.4 is 15.1 Å². The maximum absolute atomic E-state index is 12.7. The zero-order valence-corrected chi connectivity index (χ0v) is 15.3. The number of para-hydroxylation sites is 2. The molecule has 0 radical (unpaired) electrons. The Balaban J connectivity index is 1.82. The van der Waals surface area contributed by atoms with Crippen molar-refractivity contribution in [2.24, 2.45) is 0 Å². The van der Waals surface area contributed by atoms with Crippen molar-refractivity contribution < 1.29 is 19.1 Å². The van der Waals surface area contributed by atoms with Gasteiger partial charge in [-0.15, -0.1) is 0 Å². The zero-order valence-electron chi connectivity index (χ0n) is 14.5. The molecule has 1 heterocycles. The Morgan fingerprint density at radius 2 is 1.92 bits per heavy atom. The molecule has 0 bridgehead atoms. The lowest BCUT2D eigenvalue weighted by molar-refractivity contribution is -0.705. The number of hydrogen-bond donors (Lipinski definition) is 1. The van der Waals surface area contributed by atoms with Crippen LogP contribution in [0.3, 0.4) is 0 Å². The van der Waals surface area contributed by atoms with E-state index in [9.17, 15) is 9.90 Å². The molecule has 1 atom stereocenters. The molecule has 0 aliphatic carbocycles. The number of rotatable bonds is 6. The number of anilines is 1. The number of thioether (sulfide) groups is 1. The first-order valence-corrected chi connectivity index (χ1v) is 9.15. The van der Waals surface area contributed by atoms with E-state index in [-0.39, 0.29) is 10.9 Å². The van der Waals surface area contributed by atoms with Crippen LogP contribution in [-0.2, 0) is 4.79 Å². The quantitative estimate of drug-likeness (QED) is 0.534. The van der Waals surface area contributed by atoms with E-state index < -0.39 is 11.2 Å². The Kier molecular flexibility index (Phi) is 5.58. The van der Waals surface area contributed by atoms with E-state index in [1.807, 2.05) is 68.4 Å². The van der Waals surface area contributed by atoms with Gasteiger partial charge in [0.25, 0.3) is 5.03 Å². The van der Waals surface area contributed by atoms with Crippen LogP contribution in [-0.4, -0.2) is 16.4 Å². The Hall–Kier alpha value is -2.80. The Morgan fingerprint density at radius 1 is 1.23 bits per heavy atom. The third kappa shape index (κ3) is 3.88. The smallest absolute Gasteiger partial charge is 0.298 e. The summed E-state index contributed by atoms with van der Waals surface area (Å²) in [4.78, 5) is 12.7. The number of amides is 1. The monoisotopic (exact) mass is 369 g/mol. The molecule has 1 aromatic heterocycles. The van der Waals surface area contributed by atoms with Crippen molar-refractivity contribution in [1.29, 1.82) is 0 Å². The SMILES string of the molecule is CCC(Sc1c([O-])on[n+]1-c1ccccc1)C(=O)Nc1ccccc1C. The highest BCUT2D eigenvalue weighted by atomic mass is 32.2. The minimum Gasteiger partial charge on any atom is -0.538 e. The van der Waals surface area contributed by atoms with E-state index >= 15 is 0 Å². The van der Waals surface area contributed by atoms with Crippen LogP contribution in [0.15, 0.2) is 64.1 Å². The van der Waals surface area contributed by atoms with Crippen molar-refractivity contribution in [2.75, 3.05) is 5.32 Å². The lowest BCUT2D eigenvalue weighted by atomic mass is 10.2. The molecule has 26 heavy (non-hydrogen) atoms. The van der Waals surface area contributed by atoms with Crippen molar-refractivity contribution in [1.82, 2.24) is 5.27 Å². The number of carbonyl (C=O) groups excluding carboxylic acids is 1. The van der Waals surface area contributed by atoms with Gasteiger partial charge in [-0.3, -0.25) is 4.79 Å². The molecular formula is C19H19N3O3S. The summed E-state index contributed by atoms with van der Waals surface area (Å²) in [5.41, 5.74) is 2.45. The van der Waals surface area contributed by atoms with Gasteiger partial charge in [-0.1, -0.05) is 43.3 Å². The number of benzene rings is 2. The number of nitrogens with zero attached hydrogens (tertiary/aromatic N) is 2. The first kappa shape index (κ1) is 18.0. The fraction of sp³-hybridized carbons (Fsp3) is 0.211. The second-order valence-corrected chi connectivity index (χ2v) is 6.92. The fourth-order valence-electron chi connectivity index (χ4n) is 2.46. The Bertz CT molecular complexity index is 896. The lowest BCUT2D eigenvalue weighted by Crippen LogP contribution is -2.36. The van der Waals surface area contributed by atoms with Crippen molar-refractivity contribution in [2.45, 2.75) is 30.5 Å². The summed E-state index contributed by atoms with van der Waals surface area (Å²) in [7, 11) is 0. The maximum Gasteiger partial charge on any atom is 0.298 e. The molecule has 0 aliphatic rings. The summed E-state index contributed by atoms with van der Waals surface area (Å²) in [6, 6.07) is 16.8. The Morgan fingerprint density at radius 3 is 2.62 bits per heavy atom. The van der Waals surface area contributed by atoms with Crippen molar-refractivity contribution >= 4 is 23.4 Å². The largest absolute Gasteiger partial charge is 0.538 e. The first-order chi connectivity index (χ1) is 12.6. The molecule has 0 fully saturated rings. The molecule has 6 nitrogen and oxygen atoms in total. The summed E-state index contributed by atoms with van der Waals surface area (Å²) in [5.74, 6) is -0.715. The van der Waals surface area contributed by atoms with E-state index in [2.05, 4.69) is 10.6 Å². The van der Waals surface area contributed by atoms with Crippen molar-refractivity contribution in [3.63, 3.8) is 0 Å². The lowest BCUT2D eigenvalue weighted by Gasteiger charge is -2.14. The van der Waals surface area contributed by atoms with Crippen LogP contribution in [0.2, 0.25) is 0 Å². The summed E-state index contributed by atoms with van der Waals surface area (Å²) in [6.45, 7) is 3.84. The van der Waals surface area contributed by atoms with Gasteiger partial charge < -0.3 is 14.9 Å². The topological polar surface area (TPSA) is 82.1 Å². The van der Waals surface area contributed by atoms with Gasteiger partial charge in [0, 0.05) is 17.8 Å². The highest BCUT2D eigenvalue weighted by Crippen LogP contribution is 2.30. The summed E-state index contributed by atoms with van der Waals surface area (Å²) in [5, 5.41) is 18.7. The molecule has 1 unspecified atom stereocenters. The van der Waals surface area contributed by atoms with E-state index in [1.165, 1.54) is 4.68 Å². The molecule has 134 valence electrons. The predicted molar refractivity (Wildman–Crippen MR) is 97.2 cm³/mol. The van der Waals surface area contributed by atoms with Gasteiger partial charge in [0.1, 0.15) is 0 Å². The highest BCUT2D eigenvalue weighted by Gasteiger charge is 2.28.